The molecule has 0 aromatic heterocycles. The average Bonchev–Trinajstić information content (AvgIpc) is 2.28. The van der Waals surface area contributed by atoms with E-state index >= 15 is 0 Å². The van der Waals surface area contributed by atoms with Crippen LogP contribution in [-0.4, -0.2) is 0 Å². The summed E-state index contributed by atoms with van der Waals surface area (Å²) in [6.45, 7) is 0. The van der Waals surface area contributed by atoms with Gasteiger partial charge in [0.2, 0.25) is 0 Å². The molecule has 5 heteroatoms. The number of benzene rings is 1. The lowest BCUT2D eigenvalue weighted by molar-refractivity contribution is -0.138. The van der Waals surface area contributed by atoms with Crippen LogP contribution in [0.25, 0.3) is 0 Å². The van der Waals surface area contributed by atoms with Gasteiger partial charge in [0.05, 0.1) is 5.56 Å². The molecule has 0 aliphatic carbocycles. The van der Waals surface area contributed by atoms with Crippen LogP contribution in [0.5, 0.6) is 0 Å². The Balaban J connectivity index is 2.98. The van der Waals surface area contributed by atoms with Crippen LogP contribution >= 0.6 is 15.9 Å². The second-order valence-electron chi connectivity index (χ2n) is 3.93. The van der Waals surface area contributed by atoms with Crippen LogP contribution in [0.1, 0.15) is 36.4 Å². The molecule has 0 aliphatic rings. The topological polar surface area (TPSA) is 26.0 Å². The van der Waals surface area contributed by atoms with Crippen LogP contribution in [0.15, 0.2) is 22.7 Å². The molecule has 0 saturated heterocycles. The molecule has 0 heterocycles. The van der Waals surface area contributed by atoms with Gasteiger partial charge in [-0.2, -0.15) is 13.2 Å². The molecule has 0 fully saturated rings. The zero-order chi connectivity index (χ0) is 13.8. The van der Waals surface area contributed by atoms with Crippen LogP contribution in [-0.2, 0) is 6.18 Å². The van der Waals surface area contributed by atoms with Crippen molar-refractivity contribution in [3.05, 3.63) is 33.8 Å². The van der Waals surface area contributed by atoms with Crippen molar-refractivity contribution in [2.24, 2.45) is 5.73 Å². The molecule has 18 heavy (non-hydrogen) atoms. The van der Waals surface area contributed by atoms with Gasteiger partial charge in [-0.15, -0.1) is 12.3 Å². The Labute approximate surface area is 113 Å². The number of terminal acetylenes is 1. The van der Waals surface area contributed by atoms with E-state index < -0.39 is 17.8 Å². The van der Waals surface area contributed by atoms with E-state index in [1.54, 1.807) is 6.07 Å². The molecule has 1 aromatic rings. The fraction of sp³-hybridized carbons (Fsp3) is 0.385. The molecule has 1 unspecified atom stereocenters. The van der Waals surface area contributed by atoms with E-state index in [1.807, 2.05) is 0 Å². The first-order valence-corrected chi connectivity index (χ1v) is 6.21. The van der Waals surface area contributed by atoms with Crippen molar-refractivity contribution >= 4 is 15.9 Å². The molecule has 1 aromatic carbocycles. The molecule has 1 atom stereocenters. The minimum atomic E-state index is -4.40. The fourth-order valence-corrected chi connectivity index (χ4v) is 2.04. The number of alkyl halides is 3. The number of unbranched alkanes of at least 4 members (excludes halogenated alkanes) is 1. The Kier molecular flexibility index (Phi) is 5.24. The third kappa shape index (κ3) is 4.04. The smallest absolute Gasteiger partial charge is 0.324 e. The summed E-state index contributed by atoms with van der Waals surface area (Å²) in [4.78, 5) is 0. The van der Waals surface area contributed by atoms with Crippen molar-refractivity contribution in [2.45, 2.75) is 31.5 Å². The minimum absolute atomic E-state index is 0.114. The van der Waals surface area contributed by atoms with E-state index in [0.717, 1.165) is 6.07 Å². The van der Waals surface area contributed by atoms with Crippen molar-refractivity contribution in [2.75, 3.05) is 0 Å². The summed E-state index contributed by atoms with van der Waals surface area (Å²) in [6, 6.07) is 3.37. The SMILES string of the molecule is C#CCCCC(N)c1ccc(Br)cc1C(F)(F)F. The predicted octanol–water partition coefficient (Wildman–Crippen LogP) is 4.27. The van der Waals surface area contributed by atoms with E-state index in [1.165, 1.54) is 6.07 Å². The van der Waals surface area contributed by atoms with E-state index in [4.69, 9.17) is 12.2 Å². The summed E-state index contributed by atoms with van der Waals surface area (Å²) < 4.78 is 39.0. The molecule has 0 radical (unpaired) electrons. The van der Waals surface area contributed by atoms with Crippen LogP contribution in [0.2, 0.25) is 0 Å². The summed E-state index contributed by atoms with van der Waals surface area (Å²) in [5.41, 5.74) is 5.22. The van der Waals surface area contributed by atoms with E-state index in [0.29, 0.717) is 23.7 Å². The lowest BCUT2D eigenvalue weighted by Crippen LogP contribution is -2.17. The van der Waals surface area contributed by atoms with E-state index in [-0.39, 0.29) is 5.56 Å². The highest BCUT2D eigenvalue weighted by molar-refractivity contribution is 9.10. The predicted molar refractivity (Wildman–Crippen MR) is 68.8 cm³/mol. The maximum Gasteiger partial charge on any atom is 0.416 e. The average molecular weight is 320 g/mol. The van der Waals surface area contributed by atoms with Gasteiger partial charge < -0.3 is 5.73 Å². The largest absolute Gasteiger partial charge is 0.416 e. The third-order valence-electron chi connectivity index (χ3n) is 2.56. The van der Waals surface area contributed by atoms with Crippen LogP contribution in [0, 0.1) is 12.3 Å². The molecular formula is C13H13BrF3N. The lowest BCUT2D eigenvalue weighted by Gasteiger charge is -2.18. The lowest BCUT2D eigenvalue weighted by atomic mass is 9.96. The molecule has 98 valence electrons. The summed E-state index contributed by atoms with van der Waals surface area (Å²) in [7, 11) is 0. The van der Waals surface area contributed by atoms with Crippen LogP contribution in [0.3, 0.4) is 0 Å². The summed E-state index contributed by atoms with van der Waals surface area (Å²) in [5.74, 6) is 2.44. The number of rotatable bonds is 4. The van der Waals surface area contributed by atoms with Gasteiger partial charge in [-0.3, -0.25) is 0 Å². The summed E-state index contributed by atoms with van der Waals surface area (Å²) in [6.07, 6.45) is 2.27. The maximum absolute atomic E-state index is 12.9. The Hall–Kier alpha value is -0.990. The second-order valence-corrected chi connectivity index (χ2v) is 4.85. The van der Waals surface area contributed by atoms with Gasteiger partial charge in [0.15, 0.2) is 0 Å². The molecule has 0 amide bonds. The Morgan fingerprint density at radius 2 is 2.06 bits per heavy atom. The van der Waals surface area contributed by atoms with Gasteiger partial charge in [0.25, 0.3) is 0 Å². The Bertz CT molecular complexity index is 449. The van der Waals surface area contributed by atoms with Crippen molar-refractivity contribution in [1.29, 1.82) is 0 Å². The van der Waals surface area contributed by atoms with Crippen LogP contribution < -0.4 is 5.73 Å². The summed E-state index contributed by atoms with van der Waals surface area (Å²) in [5, 5.41) is 0. The van der Waals surface area contributed by atoms with Gasteiger partial charge in [-0.05, 0) is 30.5 Å². The zero-order valence-electron chi connectivity index (χ0n) is 9.60. The molecule has 0 spiro atoms. The Morgan fingerprint density at radius 1 is 1.39 bits per heavy atom. The number of halogens is 4. The fourth-order valence-electron chi connectivity index (χ4n) is 1.68. The van der Waals surface area contributed by atoms with Gasteiger partial charge in [0, 0.05) is 16.9 Å². The van der Waals surface area contributed by atoms with E-state index in [9.17, 15) is 13.2 Å². The van der Waals surface area contributed by atoms with Crippen molar-refractivity contribution < 1.29 is 13.2 Å². The summed E-state index contributed by atoms with van der Waals surface area (Å²) >= 11 is 3.03. The molecule has 2 N–H and O–H groups in total. The van der Waals surface area contributed by atoms with Gasteiger partial charge in [-0.1, -0.05) is 22.0 Å². The first-order valence-electron chi connectivity index (χ1n) is 5.42. The number of nitrogens with two attached hydrogens (primary N) is 1. The highest BCUT2D eigenvalue weighted by Gasteiger charge is 2.34. The van der Waals surface area contributed by atoms with Crippen molar-refractivity contribution in [3.8, 4) is 12.3 Å². The van der Waals surface area contributed by atoms with Gasteiger partial charge in [-0.25, -0.2) is 0 Å². The molecule has 0 saturated carbocycles. The highest BCUT2D eigenvalue weighted by atomic mass is 79.9. The maximum atomic E-state index is 12.9. The highest BCUT2D eigenvalue weighted by Crippen LogP contribution is 2.36. The van der Waals surface area contributed by atoms with Crippen LogP contribution in [0.4, 0.5) is 13.2 Å². The quantitative estimate of drug-likeness (QED) is 0.651. The van der Waals surface area contributed by atoms with E-state index in [2.05, 4.69) is 21.9 Å². The monoisotopic (exact) mass is 319 g/mol. The van der Waals surface area contributed by atoms with Crippen molar-refractivity contribution in [3.63, 3.8) is 0 Å². The molecule has 1 nitrogen and oxygen atoms in total. The Morgan fingerprint density at radius 3 is 2.61 bits per heavy atom. The molecular weight excluding hydrogens is 307 g/mol. The normalized spacial score (nSPS) is 13.1. The van der Waals surface area contributed by atoms with Gasteiger partial charge in [0.1, 0.15) is 0 Å². The first-order chi connectivity index (χ1) is 8.36. The second kappa shape index (κ2) is 6.26. The molecule has 0 bridgehead atoms. The number of hydrogen-bond donors (Lipinski definition) is 1. The standard InChI is InChI=1S/C13H13BrF3N/c1-2-3-4-5-12(18)10-7-6-9(14)8-11(10)13(15,16)17/h1,6-8,12H,3-5,18H2. The minimum Gasteiger partial charge on any atom is -0.324 e. The molecule has 0 aliphatic heterocycles. The molecule has 1 rings (SSSR count). The number of hydrogen-bond acceptors (Lipinski definition) is 1. The van der Waals surface area contributed by atoms with Crippen molar-refractivity contribution in [1.82, 2.24) is 0 Å². The first kappa shape index (κ1) is 15.1. The van der Waals surface area contributed by atoms with Gasteiger partial charge >= 0.3 is 6.18 Å². The zero-order valence-corrected chi connectivity index (χ0v) is 11.2. The third-order valence-corrected chi connectivity index (χ3v) is 3.05.